The third kappa shape index (κ3) is 4.99. The molecule has 1 atom stereocenters. The number of carbonyl (C=O) groups excluding carboxylic acids is 1. The molecule has 0 saturated carbocycles. The van der Waals surface area contributed by atoms with Gasteiger partial charge in [-0.05, 0) is 17.7 Å². The van der Waals surface area contributed by atoms with E-state index in [0.717, 1.165) is 0 Å². The van der Waals surface area contributed by atoms with Crippen molar-refractivity contribution in [1.82, 2.24) is 0 Å². The number of amides is 1. The highest BCUT2D eigenvalue weighted by atomic mass is 16.5. The Morgan fingerprint density at radius 1 is 1.00 bits per heavy atom. The molecule has 0 radical (unpaired) electrons. The number of para-hydroxylation sites is 1. The quantitative estimate of drug-likeness (QED) is 0.722. The Morgan fingerprint density at radius 3 is 2.08 bits per heavy atom. The Labute approximate surface area is 139 Å². The zero-order valence-electron chi connectivity index (χ0n) is 13.3. The zero-order chi connectivity index (χ0) is 18.1. The molecule has 0 aliphatic carbocycles. The number of hydrogen-bond acceptors (Lipinski definition) is 5. The minimum absolute atomic E-state index is 0.295. The number of rotatable bonds is 5. The first-order chi connectivity index (χ1) is 11.4. The van der Waals surface area contributed by atoms with Gasteiger partial charge in [-0.15, -0.1) is 0 Å². The van der Waals surface area contributed by atoms with Crippen LogP contribution >= 0.6 is 0 Å². The number of hydrogen-bond donors (Lipinski definition) is 3. The van der Waals surface area contributed by atoms with E-state index in [0.29, 0.717) is 22.6 Å². The van der Waals surface area contributed by atoms with Gasteiger partial charge in [-0.3, -0.25) is 4.79 Å². The van der Waals surface area contributed by atoms with Crippen LogP contribution in [0, 0.1) is 0 Å². The van der Waals surface area contributed by atoms with Gasteiger partial charge in [0.1, 0.15) is 6.10 Å². The molecule has 4 N–H and O–H groups in total. The van der Waals surface area contributed by atoms with Gasteiger partial charge in [-0.2, -0.15) is 0 Å². The lowest BCUT2D eigenvalue weighted by Gasteiger charge is -2.14. The van der Waals surface area contributed by atoms with Crippen molar-refractivity contribution in [2.24, 2.45) is 5.73 Å². The standard InChI is InChI=1S/C16H16O4.CH3NO2/c1-19-13-10-6-9-12(16(13)20-2)15(18)14(17)11-7-4-3-5-8-11;2-1(3)4/h3-10,14,17H,1-2H3;2H2,(H,3,4). The molecule has 128 valence electrons. The van der Waals surface area contributed by atoms with Crippen molar-refractivity contribution in [3.8, 4) is 11.5 Å². The SMILES string of the molecule is COc1cccc(C(=O)C(O)c2ccccc2)c1OC.NC(=O)O. The van der Waals surface area contributed by atoms with Gasteiger partial charge in [0.15, 0.2) is 17.3 Å². The van der Waals surface area contributed by atoms with E-state index in [2.05, 4.69) is 5.73 Å². The molecule has 7 heteroatoms. The first-order valence-corrected chi connectivity index (χ1v) is 6.89. The van der Waals surface area contributed by atoms with Crippen LogP contribution in [0.25, 0.3) is 0 Å². The second-order valence-electron chi connectivity index (χ2n) is 4.56. The monoisotopic (exact) mass is 333 g/mol. The van der Waals surface area contributed by atoms with Crippen molar-refractivity contribution in [2.75, 3.05) is 14.2 Å². The summed E-state index contributed by atoms with van der Waals surface area (Å²) in [4.78, 5) is 21.2. The lowest BCUT2D eigenvalue weighted by atomic mass is 9.99. The lowest BCUT2D eigenvalue weighted by molar-refractivity contribution is 0.0743. The van der Waals surface area contributed by atoms with Crippen LogP contribution in [0.4, 0.5) is 4.79 Å². The number of carboxylic acid groups (broad SMARTS) is 1. The van der Waals surface area contributed by atoms with Crippen molar-refractivity contribution in [2.45, 2.75) is 6.10 Å². The minimum Gasteiger partial charge on any atom is -0.493 e. The molecular formula is C17H19NO6. The number of aliphatic hydroxyl groups excluding tert-OH is 1. The van der Waals surface area contributed by atoms with Gasteiger partial charge >= 0.3 is 6.09 Å². The van der Waals surface area contributed by atoms with Crippen LogP contribution in [0.15, 0.2) is 48.5 Å². The summed E-state index contributed by atoms with van der Waals surface area (Å²) >= 11 is 0. The van der Waals surface area contributed by atoms with Gasteiger partial charge < -0.3 is 25.4 Å². The average molecular weight is 333 g/mol. The van der Waals surface area contributed by atoms with E-state index in [1.54, 1.807) is 42.5 Å². The Morgan fingerprint density at radius 2 is 1.58 bits per heavy atom. The van der Waals surface area contributed by atoms with Gasteiger partial charge in [0, 0.05) is 0 Å². The summed E-state index contributed by atoms with van der Waals surface area (Å²) < 4.78 is 10.4. The van der Waals surface area contributed by atoms with Crippen LogP contribution < -0.4 is 15.2 Å². The highest BCUT2D eigenvalue weighted by molar-refractivity contribution is 6.02. The number of primary amides is 1. The van der Waals surface area contributed by atoms with Gasteiger partial charge in [-0.1, -0.05) is 36.4 Å². The van der Waals surface area contributed by atoms with Crippen molar-refractivity contribution >= 4 is 11.9 Å². The fourth-order valence-corrected chi connectivity index (χ4v) is 2.02. The number of ether oxygens (including phenoxy) is 2. The van der Waals surface area contributed by atoms with Crippen LogP contribution in [0.2, 0.25) is 0 Å². The molecule has 0 heterocycles. The molecule has 2 rings (SSSR count). The molecule has 0 aliphatic heterocycles. The molecule has 0 aromatic heterocycles. The summed E-state index contributed by atoms with van der Waals surface area (Å²) in [7, 11) is 2.96. The summed E-state index contributed by atoms with van der Waals surface area (Å²) in [6, 6.07) is 13.8. The number of aliphatic hydroxyl groups is 1. The topological polar surface area (TPSA) is 119 Å². The molecule has 0 spiro atoms. The van der Waals surface area contributed by atoms with E-state index in [9.17, 15) is 9.90 Å². The van der Waals surface area contributed by atoms with Gasteiger partial charge in [-0.25, -0.2) is 4.79 Å². The third-order valence-corrected chi connectivity index (χ3v) is 3.03. The molecule has 7 nitrogen and oxygen atoms in total. The fraction of sp³-hybridized carbons (Fsp3) is 0.176. The Balaban J connectivity index is 0.000000648. The molecule has 1 unspecified atom stereocenters. The first kappa shape index (κ1) is 19.0. The summed E-state index contributed by atoms with van der Waals surface area (Å²) in [6.07, 6.45) is -2.56. The second-order valence-corrected chi connectivity index (χ2v) is 4.56. The van der Waals surface area contributed by atoms with Crippen LogP contribution in [0.1, 0.15) is 22.0 Å². The smallest absolute Gasteiger partial charge is 0.402 e. The average Bonchev–Trinajstić information content (AvgIpc) is 2.59. The summed E-state index contributed by atoms with van der Waals surface area (Å²) in [6.45, 7) is 0. The molecule has 0 aliphatic rings. The predicted octanol–water partition coefficient (Wildman–Crippen LogP) is 2.24. The van der Waals surface area contributed by atoms with Crippen LogP contribution in [0.3, 0.4) is 0 Å². The van der Waals surface area contributed by atoms with Crippen molar-refractivity contribution in [1.29, 1.82) is 0 Å². The van der Waals surface area contributed by atoms with Crippen molar-refractivity contribution in [3.05, 3.63) is 59.7 Å². The fourth-order valence-electron chi connectivity index (χ4n) is 2.02. The molecule has 0 saturated heterocycles. The maximum Gasteiger partial charge on any atom is 0.402 e. The molecule has 0 fully saturated rings. The molecular weight excluding hydrogens is 314 g/mol. The maximum absolute atomic E-state index is 12.4. The van der Waals surface area contributed by atoms with Gasteiger partial charge in [0.2, 0.25) is 0 Å². The first-order valence-electron chi connectivity index (χ1n) is 6.89. The Kier molecular flexibility index (Phi) is 7.25. The number of carbonyl (C=O) groups is 2. The number of methoxy groups -OCH3 is 2. The van der Waals surface area contributed by atoms with E-state index < -0.39 is 18.0 Å². The maximum atomic E-state index is 12.4. The lowest BCUT2D eigenvalue weighted by Crippen LogP contribution is -2.13. The molecule has 2 aromatic rings. The minimum atomic E-state index is -1.33. The molecule has 2 aromatic carbocycles. The van der Waals surface area contributed by atoms with Crippen molar-refractivity contribution in [3.63, 3.8) is 0 Å². The van der Waals surface area contributed by atoms with Crippen LogP contribution in [-0.2, 0) is 0 Å². The molecule has 0 bridgehead atoms. The number of nitrogens with two attached hydrogens (primary N) is 1. The van der Waals surface area contributed by atoms with Crippen LogP contribution in [0.5, 0.6) is 11.5 Å². The van der Waals surface area contributed by atoms with Gasteiger partial charge in [0.25, 0.3) is 0 Å². The van der Waals surface area contributed by atoms with E-state index in [-0.39, 0.29) is 0 Å². The highest BCUT2D eigenvalue weighted by Gasteiger charge is 2.24. The third-order valence-electron chi connectivity index (χ3n) is 3.03. The Bertz CT molecular complexity index is 683. The molecule has 1 amide bonds. The van der Waals surface area contributed by atoms with E-state index >= 15 is 0 Å². The molecule has 24 heavy (non-hydrogen) atoms. The zero-order valence-corrected chi connectivity index (χ0v) is 13.3. The Hall–Kier alpha value is -3.06. The number of ketones is 1. The normalized spacial score (nSPS) is 10.8. The van der Waals surface area contributed by atoms with E-state index in [1.807, 2.05) is 6.07 Å². The predicted molar refractivity (Wildman–Crippen MR) is 87.5 cm³/mol. The summed E-state index contributed by atoms with van der Waals surface area (Å²) in [5, 5.41) is 17.4. The number of Topliss-reactive ketones (excluding diaryl/α,β-unsaturated/α-hetero) is 1. The van der Waals surface area contributed by atoms with E-state index in [4.69, 9.17) is 19.4 Å². The summed E-state index contributed by atoms with van der Waals surface area (Å²) in [5.41, 5.74) is 4.87. The van der Waals surface area contributed by atoms with E-state index in [1.165, 1.54) is 14.2 Å². The largest absolute Gasteiger partial charge is 0.493 e. The van der Waals surface area contributed by atoms with Gasteiger partial charge in [0.05, 0.1) is 19.8 Å². The highest BCUT2D eigenvalue weighted by Crippen LogP contribution is 2.33. The second kappa shape index (κ2) is 9.16. The van der Waals surface area contributed by atoms with Crippen molar-refractivity contribution < 1.29 is 29.3 Å². The summed E-state index contributed by atoms with van der Waals surface area (Å²) in [5.74, 6) is 0.362. The van der Waals surface area contributed by atoms with Crippen LogP contribution in [-0.4, -0.2) is 36.3 Å². The number of benzene rings is 2.